The third kappa shape index (κ3) is 4.57. The normalized spacial score (nSPS) is 16.5. The van der Waals surface area contributed by atoms with Crippen molar-refractivity contribution >= 4 is 15.9 Å². The molecule has 150 valence electrons. The van der Waals surface area contributed by atoms with Gasteiger partial charge < -0.3 is 10.1 Å². The highest BCUT2D eigenvalue weighted by Gasteiger charge is 2.29. The van der Waals surface area contributed by atoms with Gasteiger partial charge in [0.25, 0.3) is 5.91 Å². The van der Waals surface area contributed by atoms with E-state index in [0.717, 1.165) is 17.7 Å². The fourth-order valence-corrected chi connectivity index (χ4v) is 4.51. The molecular formula is C20H23FN2O4S. The number of morpholine rings is 1. The van der Waals surface area contributed by atoms with Crippen LogP contribution in [0.1, 0.15) is 28.8 Å². The summed E-state index contributed by atoms with van der Waals surface area (Å²) in [7, 11) is -4.02. The summed E-state index contributed by atoms with van der Waals surface area (Å²) in [5.41, 5.74) is 1.19. The molecule has 0 bridgehead atoms. The number of nitrogens with zero attached hydrogens (tertiary/aromatic N) is 1. The van der Waals surface area contributed by atoms with E-state index in [-0.39, 0.29) is 37.8 Å². The average Bonchev–Trinajstić information content (AvgIpc) is 2.73. The number of carbonyl (C=O) groups is 1. The summed E-state index contributed by atoms with van der Waals surface area (Å²) in [6.45, 7) is 3.21. The van der Waals surface area contributed by atoms with Gasteiger partial charge in [-0.15, -0.1) is 0 Å². The number of amides is 1. The zero-order valence-electron chi connectivity index (χ0n) is 15.6. The number of hydrogen-bond donors (Lipinski definition) is 1. The molecule has 2 aromatic carbocycles. The second-order valence-corrected chi connectivity index (χ2v) is 8.59. The molecule has 6 nitrogen and oxygen atoms in total. The molecule has 28 heavy (non-hydrogen) atoms. The van der Waals surface area contributed by atoms with Crippen molar-refractivity contribution in [2.24, 2.45) is 0 Å². The standard InChI is InChI=1S/C20H23FN2O4S/c1-15(16-5-3-2-4-6-16)14-22-20(24)17-7-8-18(21)19(13-17)28(25,26)23-9-11-27-12-10-23/h2-8,13,15H,9-12,14H2,1H3,(H,22,24)/t15-/m1/s1. The first-order chi connectivity index (χ1) is 13.4. The van der Waals surface area contributed by atoms with Crippen LogP contribution in [0.5, 0.6) is 0 Å². The van der Waals surface area contributed by atoms with Gasteiger partial charge in [-0.25, -0.2) is 12.8 Å². The Labute approximate surface area is 164 Å². The van der Waals surface area contributed by atoms with Gasteiger partial charge in [-0.2, -0.15) is 4.31 Å². The topological polar surface area (TPSA) is 75.7 Å². The van der Waals surface area contributed by atoms with E-state index in [1.54, 1.807) is 0 Å². The first-order valence-corrected chi connectivity index (χ1v) is 10.5. The second kappa shape index (κ2) is 8.81. The minimum absolute atomic E-state index is 0.0853. The number of ether oxygens (including phenoxy) is 1. The predicted octanol–water partition coefficient (Wildman–Crippen LogP) is 2.38. The monoisotopic (exact) mass is 406 g/mol. The third-order valence-corrected chi connectivity index (χ3v) is 6.63. The predicted molar refractivity (Wildman–Crippen MR) is 103 cm³/mol. The number of rotatable bonds is 6. The maximum absolute atomic E-state index is 14.3. The van der Waals surface area contributed by atoms with Crippen LogP contribution in [0.4, 0.5) is 4.39 Å². The van der Waals surface area contributed by atoms with E-state index in [2.05, 4.69) is 5.32 Å². The molecule has 1 N–H and O–H groups in total. The van der Waals surface area contributed by atoms with Crippen LogP contribution in [0, 0.1) is 5.82 Å². The van der Waals surface area contributed by atoms with Gasteiger partial charge >= 0.3 is 0 Å². The zero-order chi connectivity index (χ0) is 20.1. The Hall–Kier alpha value is -2.29. The summed E-state index contributed by atoms with van der Waals surface area (Å²) in [4.78, 5) is 12.0. The van der Waals surface area contributed by atoms with E-state index in [4.69, 9.17) is 4.74 Å². The average molecular weight is 406 g/mol. The zero-order valence-corrected chi connectivity index (χ0v) is 16.4. The van der Waals surface area contributed by atoms with E-state index in [1.807, 2.05) is 37.3 Å². The van der Waals surface area contributed by atoms with Crippen LogP contribution in [0.25, 0.3) is 0 Å². The van der Waals surface area contributed by atoms with Crippen molar-refractivity contribution in [2.45, 2.75) is 17.7 Å². The highest BCUT2D eigenvalue weighted by atomic mass is 32.2. The van der Waals surface area contributed by atoms with Crippen LogP contribution >= 0.6 is 0 Å². The van der Waals surface area contributed by atoms with Crippen LogP contribution in [-0.4, -0.2) is 51.5 Å². The van der Waals surface area contributed by atoms with E-state index >= 15 is 0 Å². The first-order valence-electron chi connectivity index (χ1n) is 9.10. The molecule has 0 unspecified atom stereocenters. The molecule has 1 aliphatic heterocycles. The van der Waals surface area contributed by atoms with Crippen LogP contribution < -0.4 is 5.32 Å². The Bertz CT molecular complexity index is 928. The molecule has 1 aliphatic rings. The SMILES string of the molecule is C[C@H](CNC(=O)c1ccc(F)c(S(=O)(=O)N2CCOCC2)c1)c1ccccc1. The van der Waals surface area contributed by atoms with Gasteiger partial charge in [0, 0.05) is 25.2 Å². The summed E-state index contributed by atoms with van der Waals surface area (Å²) in [5, 5.41) is 2.79. The lowest BCUT2D eigenvalue weighted by Crippen LogP contribution is -2.41. The van der Waals surface area contributed by atoms with Crippen LogP contribution in [0.3, 0.4) is 0 Å². The molecule has 0 radical (unpaired) electrons. The van der Waals surface area contributed by atoms with Crippen molar-refractivity contribution < 1.29 is 22.3 Å². The molecule has 8 heteroatoms. The summed E-state index contributed by atoms with van der Waals surface area (Å²) < 4.78 is 46.0. The molecule has 1 heterocycles. The van der Waals surface area contributed by atoms with Gasteiger partial charge in [0.05, 0.1) is 13.2 Å². The minimum atomic E-state index is -4.02. The molecule has 0 spiro atoms. The van der Waals surface area contributed by atoms with Crippen molar-refractivity contribution in [1.29, 1.82) is 0 Å². The van der Waals surface area contributed by atoms with E-state index in [0.29, 0.717) is 6.54 Å². The van der Waals surface area contributed by atoms with Crippen LogP contribution in [0.2, 0.25) is 0 Å². The molecular weight excluding hydrogens is 383 g/mol. The lowest BCUT2D eigenvalue weighted by atomic mass is 10.0. The van der Waals surface area contributed by atoms with Gasteiger partial charge in [-0.1, -0.05) is 37.3 Å². The van der Waals surface area contributed by atoms with Gasteiger partial charge in [0.15, 0.2) is 0 Å². The maximum atomic E-state index is 14.3. The van der Waals surface area contributed by atoms with E-state index in [1.165, 1.54) is 10.4 Å². The quantitative estimate of drug-likeness (QED) is 0.799. The Morgan fingerprint density at radius 3 is 2.54 bits per heavy atom. The summed E-state index contributed by atoms with van der Waals surface area (Å²) >= 11 is 0. The largest absolute Gasteiger partial charge is 0.379 e. The maximum Gasteiger partial charge on any atom is 0.251 e. The fourth-order valence-electron chi connectivity index (χ4n) is 3.02. The Morgan fingerprint density at radius 2 is 1.86 bits per heavy atom. The molecule has 1 saturated heterocycles. The van der Waals surface area contributed by atoms with Gasteiger partial charge in [-0.3, -0.25) is 4.79 Å². The Kier molecular flexibility index (Phi) is 6.43. The molecule has 1 amide bonds. The van der Waals surface area contributed by atoms with E-state index < -0.39 is 26.6 Å². The van der Waals surface area contributed by atoms with Crippen molar-refractivity contribution in [2.75, 3.05) is 32.8 Å². The second-order valence-electron chi connectivity index (χ2n) is 6.68. The molecule has 0 aliphatic carbocycles. The summed E-state index contributed by atoms with van der Waals surface area (Å²) in [5.74, 6) is -1.23. The summed E-state index contributed by atoms with van der Waals surface area (Å²) in [6.07, 6.45) is 0. The van der Waals surface area contributed by atoms with Crippen molar-refractivity contribution in [3.05, 3.63) is 65.5 Å². The molecule has 0 saturated carbocycles. The summed E-state index contributed by atoms with van der Waals surface area (Å²) in [6, 6.07) is 13.1. The highest BCUT2D eigenvalue weighted by Crippen LogP contribution is 2.22. The van der Waals surface area contributed by atoms with Crippen molar-refractivity contribution in [3.8, 4) is 0 Å². The molecule has 3 rings (SSSR count). The molecule has 0 aromatic heterocycles. The Morgan fingerprint density at radius 1 is 1.18 bits per heavy atom. The first kappa shape index (κ1) is 20.4. The van der Waals surface area contributed by atoms with Crippen molar-refractivity contribution in [1.82, 2.24) is 9.62 Å². The Balaban J connectivity index is 1.74. The number of sulfonamides is 1. The smallest absolute Gasteiger partial charge is 0.251 e. The van der Waals surface area contributed by atoms with Crippen molar-refractivity contribution in [3.63, 3.8) is 0 Å². The fraction of sp³-hybridized carbons (Fsp3) is 0.350. The van der Waals surface area contributed by atoms with Gasteiger partial charge in [-0.05, 0) is 29.7 Å². The molecule has 1 atom stereocenters. The lowest BCUT2D eigenvalue weighted by Gasteiger charge is -2.26. The number of carbonyl (C=O) groups excluding carboxylic acids is 1. The third-order valence-electron chi connectivity index (χ3n) is 4.72. The number of halogens is 1. The van der Waals surface area contributed by atoms with Gasteiger partial charge in [0.1, 0.15) is 10.7 Å². The number of hydrogen-bond acceptors (Lipinski definition) is 4. The molecule has 2 aromatic rings. The molecule has 1 fully saturated rings. The number of benzene rings is 2. The number of nitrogens with one attached hydrogen (secondary N) is 1. The lowest BCUT2D eigenvalue weighted by molar-refractivity contribution is 0.0729. The highest BCUT2D eigenvalue weighted by molar-refractivity contribution is 7.89. The van der Waals surface area contributed by atoms with Crippen LogP contribution in [0.15, 0.2) is 53.4 Å². The minimum Gasteiger partial charge on any atom is -0.379 e. The van der Waals surface area contributed by atoms with Crippen LogP contribution in [-0.2, 0) is 14.8 Å². The van der Waals surface area contributed by atoms with E-state index in [9.17, 15) is 17.6 Å². The van der Waals surface area contributed by atoms with Gasteiger partial charge in [0.2, 0.25) is 10.0 Å².